The summed E-state index contributed by atoms with van der Waals surface area (Å²) in [5.41, 5.74) is 1.23. The third-order valence-electron chi connectivity index (χ3n) is 3.47. The van der Waals surface area contributed by atoms with Gasteiger partial charge in [0.1, 0.15) is 0 Å². The Morgan fingerprint density at radius 2 is 2.20 bits per heavy atom. The van der Waals surface area contributed by atoms with E-state index in [0.717, 1.165) is 6.42 Å². The first kappa shape index (κ1) is 14.9. The number of hydrogen-bond donors (Lipinski definition) is 2. The van der Waals surface area contributed by atoms with E-state index in [0.29, 0.717) is 19.4 Å². The Hall–Kier alpha value is -1.49. The maximum atomic E-state index is 12.0. The molecule has 108 valence electrons. The van der Waals surface area contributed by atoms with Gasteiger partial charge in [-0.15, -0.1) is 11.8 Å². The van der Waals surface area contributed by atoms with Crippen LogP contribution < -0.4 is 5.32 Å². The van der Waals surface area contributed by atoms with Crippen molar-refractivity contribution in [3.05, 3.63) is 29.8 Å². The van der Waals surface area contributed by atoms with E-state index in [1.165, 1.54) is 10.5 Å². The number of thioether (sulfide) groups is 1. The number of aliphatic carboxylic acids is 1. The Morgan fingerprint density at radius 1 is 1.45 bits per heavy atom. The number of carbonyl (C=O) groups is 2. The number of benzene rings is 1. The summed E-state index contributed by atoms with van der Waals surface area (Å²) >= 11 is 1.61. The van der Waals surface area contributed by atoms with Crippen molar-refractivity contribution in [1.82, 2.24) is 5.32 Å². The molecule has 2 N–H and O–H groups in total. The van der Waals surface area contributed by atoms with Gasteiger partial charge < -0.3 is 10.4 Å². The number of hydrogen-bond acceptors (Lipinski definition) is 3. The van der Waals surface area contributed by atoms with Crippen molar-refractivity contribution in [1.29, 1.82) is 0 Å². The lowest BCUT2D eigenvalue weighted by molar-refractivity contribution is -0.141. The zero-order valence-corrected chi connectivity index (χ0v) is 12.3. The van der Waals surface area contributed by atoms with Gasteiger partial charge in [-0.05, 0) is 30.9 Å². The molecule has 2 unspecified atom stereocenters. The van der Waals surface area contributed by atoms with Crippen LogP contribution >= 0.6 is 11.8 Å². The summed E-state index contributed by atoms with van der Waals surface area (Å²) in [5.74, 6) is -1.08. The van der Waals surface area contributed by atoms with E-state index < -0.39 is 5.97 Å². The molecule has 0 aromatic heterocycles. The zero-order valence-electron chi connectivity index (χ0n) is 11.5. The van der Waals surface area contributed by atoms with Crippen LogP contribution in [0.25, 0.3) is 0 Å². The van der Waals surface area contributed by atoms with Gasteiger partial charge >= 0.3 is 5.97 Å². The summed E-state index contributed by atoms with van der Waals surface area (Å²) in [6.07, 6.45) is 2.06. The SMILES string of the molecule is CC(CCCNC(=O)C1Cc2ccccc2S1)C(=O)O. The molecule has 0 aliphatic carbocycles. The molecule has 0 saturated heterocycles. The predicted molar refractivity (Wildman–Crippen MR) is 78.8 cm³/mol. The van der Waals surface area contributed by atoms with Crippen molar-refractivity contribution in [3.8, 4) is 0 Å². The Bertz CT molecular complexity index is 479. The molecule has 0 spiro atoms. The average Bonchev–Trinajstić information content (AvgIpc) is 2.86. The molecule has 0 radical (unpaired) electrons. The Labute approximate surface area is 123 Å². The standard InChI is InChI=1S/C15H19NO3S/c1-10(15(18)19)5-4-8-16-14(17)13-9-11-6-2-3-7-12(11)20-13/h2-3,6-7,10,13H,4-5,8-9H2,1H3,(H,16,17)(H,18,19). The van der Waals surface area contributed by atoms with E-state index in [1.807, 2.05) is 18.2 Å². The Kier molecular flexibility index (Phi) is 5.06. The molecule has 0 saturated carbocycles. The van der Waals surface area contributed by atoms with Gasteiger partial charge in [0.25, 0.3) is 0 Å². The van der Waals surface area contributed by atoms with Gasteiger partial charge in [0.2, 0.25) is 5.91 Å². The topological polar surface area (TPSA) is 66.4 Å². The monoisotopic (exact) mass is 293 g/mol. The highest BCUT2D eigenvalue weighted by Gasteiger charge is 2.27. The summed E-state index contributed by atoms with van der Waals surface area (Å²) in [5, 5.41) is 11.6. The summed E-state index contributed by atoms with van der Waals surface area (Å²) < 4.78 is 0. The molecule has 5 heteroatoms. The molecule has 1 aliphatic rings. The molecule has 1 aromatic rings. The second-order valence-electron chi connectivity index (χ2n) is 5.09. The Morgan fingerprint density at radius 3 is 2.90 bits per heavy atom. The zero-order chi connectivity index (χ0) is 14.5. The van der Waals surface area contributed by atoms with Gasteiger partial charge in [0, 0.05) is 11.4 Å². The highest BCUT2D eigenvalue weighted by molar-refractivity contribution is 8.01. The molecule has 4 nitrogen and oxygen atoms in total. The number of rotatable bonds is 6. The number of carboxylic acid groups (broad SMARTS) is 1. The maximum absolute atomic E-state index is 12.0. The highest BCUT2D eigenvalue weighted by Crippen LogP contribution is 2.36. The second kappa shape index (κ2) is 6.79. The van der Waals surface area contributed by atoms with Gasteiger partial charge in [-0.3, -0.25) is 9.59 Å². The quantitative estimate of drug-likeness (QED) is 0.790. The summed E-state index contributed by atoms with van der Waals surface area (Å²) in [6.45, 7) is 2.23. The molecule has 2 atom stereocenters. The minimum atomic E-state index is -0.780. The van der Waals surface area contributed by atoms with Gasteiger partial charge in [0.05, 0.1) is 11.2 Å². The Balaban J connectivity index is 1.71. The van der Waals surface area contributed by atoms with Crippen molar-refractivity contribution < 1.29 is 14.7 Å². The fourth-order valence-corrected chi connectivity index (χ4v) is 3.41. The molecule has 1 heterocycles. The van der Waals surface area contributed by atoms with E-state index in [4.69, 9.17) is 5.11 Å². The number of fused-ring (bicyclic) bond motifs is 1. The molecule has 1 aromatic carbocycles. The van der Waals surface area contributed by atoms with Crippen LogP contribution in [0.2, 0.25) is 0 Å². The fraction of sp³-hybridized carbons (Fsp3) is 0.467. The van der Waals surface area contributed by atoms with E-state index in [9.17, 15) is 9.59 Å². The summed E-state index contributed by atoms with van der Waals surface area (Å²) in [6, 6.07) is 8.08. The van der Waals surface area contributed by atoms with Crippen LogP contribution in [0.5, 0.6) is 0 Å². The first-order valence-electron chi connectivity index (χ1n) is 6.83. The minimum Gasteiger partial charge on any atom is -0.481 e. The van der Waals surface area contributed by atoms with Crippen LogP contribution in [0.3, 0.4) is 0 Å². The fourth-order valence-electron chi connectivity index (χ4n) is 2.19. The highest BCUT2D eigenvalue weighted by atomic mass is 32.2. The van der Waals surface area contributed by atoms with E-state index in [2.05, 4.69) is 11.4 Å². The largest absolute Gasteiger partial charge is 0.481 e. The minimum absolute atomic E-state index is 0.0502. The molecule has 2 rings (SSSR count). The first-order chi connectivity index (χ1) is 9.58. The third-order valence-corrected chi connectivity index (χ3v) is 4.79. The lowest BCUT2D eigenvalue weighted by Crippen LogP contribution is -2.33. The number of carboxylic acids is 1. The predicted octanol–water partition coefficient (Wildman–Crippen LogP) is 2.32. The number of carbonyl (C=O) groups excluding carboxylic acids is 1. The second-order valence-corrected chi connectivity index (χ2v) is 6.34. The van der Waals surface area contributed by atoms with Crippen molar-refractivity contribution in [2.24, 2.45) is 5.92 Å². The van der Waals surface area contributed by atoms with Crippen LogP contribution in [0.15, 0.2) is 29.2 Å². The van der Waals surface area contributed by atoms with Crippen molar-refractivity contribution in [3.63, 3.8) is 0 Å². The number of amides is 1. The normalized spacial score (nSPS) is 18.4. The van der Waals surface area contributed by atoms with Crippen LogP contribution in [0.1, 0.15) is 25.3 Å². The van der Waals surface area contributed by atoms with Crippen LogP contribution in [-0.4, -0.2) is 28.8 Å². The van der Waals surface area contributed by atoms with E-state index in [1.54, 1.807) is 18.7 Å². The van der Waals surface area contributed by atoms with Gasteiger partial charge in [-0.2, -0.15) is 0 Å². The molecule has 1 aliphatic heterocycles. The molecular formula is C15H19NO3S. The summed E-state index contributed by atoms with van der Waals surface area (Å²) in [7, 11) is 0. The molecular weight excluding hydrogens is 274 g/mol. The summed E-state index contributed by atoms with van der Waals surface area (Å²) in [4.78, 5) is 23.9. The van der Waals surface area contributed by atoms with Gasteiger partial charge in [-0.25, -0.2) is 0 Å². The third kappa shape index (κ3) is 3.76. The van der Waals surface area contributed by atoms with Crippen molar-refractivity contribution in [2.75, 3.05) is 6.54 Å². The van der Waals surface area contributed by atoms with Gasteiger partial charge in [-0.1, -0.05) is 25.1 Å². The van der Waals surface area contributed by atoms with Crippen LogP contribution in [0, 0.1) is 5.92 Å². The number of nitrogens with one attached hydrogen (secondary N) is 1. The van der Waals surface area contributed by atoms with Crippen LogP contribution in [0.4, 0.5) is 0 Å². The van der Waals surface area contributed by atoms with Crippen molar-refractivity contribution >= 4 is 23.6 Å². The van der Waals surface area contributed by atoms with Gasteiger partial charge in [0.15, 0.2) is 0 Å². The molecule has 0 bridgehead atoms. The smallest absolute Gasteiger partial charge is 0.306 e. The van der Waals surface area contributed by atoms with Crippen LogP contribution in [-0.2, 0) is 16.0 Å². The molecule has 0 fully saturated rings. The first-order valence-corrected chi connectivity index (χ1v) is 7.71. The maximum Gasteiger partial charge on any atom is 0.306 e. The molecule has 20 heavy (non-hydrogen) atoms. The average molecular weight is 293 g/mol. The van der Waals surface area contributed by atoms with E-state index >= 15 is 0 Å². The molecule has 1 amide bonds. The van der Waals surface area contributed by atoms with E-state index in [-0.39, 0.29) is 17.1 Å². The van der Waals surface area contributed by atoms with Crippen molar-refractivity contribution in [2.45, 2.75) is 36.3 Å². The lowest BCUT2D eigenvalue weighted by atomic mass is 10.1. The lowest BCUT2D eigenvalue weighted by Gasteiger charge is -2.10.